The van der Waals surface area contributed by atoms with Gasteiger partial charge in [-0.3, -0.25) is 4.79 Å². The highest BCUT2D eigenvalue weighted by Crippen LogP contribution is 2.40. The molecule has 0 aliphatic heterocycles. The van der Waals surface area contributed by atoms with Crippen molar-refractivity contribution in [1.82, 2.24) is 5.32 Å². The molecule has 1 aliphatic carbocycles. The van der Waals surface area contributed by atoms with Crippen LogP contribution in [0.1, 0.15) is 49.4 Å². The summed E-state index contributed by atoms with van der Waals surface area (Å²) < 4.78 is 0. The maximum atomic E-state index is 12.2. The zero-order valence-corrected chi connectivity index (χ0v) is 12.1. The highest BCUT2D eigenvalue weighted by atomic mass is 35.5. The van der Waals surface area contributed by atoms with Crippen molar-refractivity contribution in [2.24, 2.45) is 5.41 Å². The minimum Gasteiger partial charge on any atom is -0.398 e. The van der Waals surface area contributed by atoms with Gasteiger partial charge < -0.3 is 11.1 Å². The topological polar surface area (TPSA) is 55.1 Å². The molecule has 3 nitrogen and oxygen atoms in total. The molecule has 104 valence electrons. The summed E-state index contributed by atoms with van der Waals surface area (Å²) in [7, 11) is 0. The lowest BCUT2D eigenvalue weighted by atomic mass is 9.83. The molecule has 2 rings (SSSR count). The molecule has 0 aromatic heterocycles. The highest BCUT2D eigenvalue weighted by Gasteiger charge is 2.32. The van der Waals surface area contributed by atoms with E-state index >= 15 is 0 Å². The Morgan fingerprint density at radius 2 is 2.11 bits per heavy atom. The molecular formula is C15H21ClN2O. The van der Waals surface area contributed by atoms with E-state index in [1.807, 2.05) is 0 Å². The van der Waals surface area contributed by atoms with Crippen LogP contribution in [-0.2, 0) is 0 Å². The third-order valence-corrected chi connectivity index (χ3v) is 4.53. The first kappa shape index (κ1) is 14.2. The van der Waals surface area contributed by atoms with Gasteiger partial charge in [-0.05, 0) is 42.9 Å². The molecule has 0 spiro atoms. The third-order valence-electron chi connectivity index (χ3n) is 4.30. The van der Waals surface area contributed by atoms with Crippen LogP contribution in [0.5, 0.6) is 0 Å². The van der Waals surface area contributed by atoms with Crippen molar-refractivity contribution in [2.45, 2.75) is 39.0 Å². The molecule has 0 bridgehead atoms. The molecule has 19 heavy (non-hydrogen) atoms. The van der Waals surface area contributed by atoms with Crippen molar-refractivity contribution in [1.29, 1.82) is 0 Å². The molecule has 1 amide bonds. The Labute approximate surface area is 119 Å². The Morgan fingerprint density at radius 1 is 1.42 bits per heavy atom. The molecule has 0 radical (unpaired) electrons. The van der Waals surface area contributed by atoms with Crippen LogP contribution in [0.3, 0.4) is 0 Å². The van der Waals surface area contributed by atoms with E-state index in [1.54, 1.807) is 18.2 Å². The molecule has 1 aromatic rings. The van der Waals surface area contributed by atoms with Gasteiger partial charge >= 0.3 is 0 Å². The average Bonchev–Trinajstić information content (AvgIpc) is 2.88. The predicted octanol–water partition coefficient (Wildman–Crippen LogP) is 3.62. The van der Waals surface area contributed by atoms with E-state index in [2.05, 4.69) is 12.2 Å². The number of nitrogens with two attached hydrogens (primary N) is 1. The molecule has 1 aromatic carbocycles. The Balaban J connectivity index is 2.03. The van der Waals surface area contributed by atoms with Gasteiger partial charge in [0.1, 0.15) is 0 Å². The number of amides is 1. The molecule has 1 fully saturated rings. The van der Waals surface area contributed by atoms with Crippen LogP contribution in [0.4, 0.5) is 5.69 Å². The zero-order chi connectivity index (χ0) is 13.9. The van der Waals surface area contributed by atoms with Gasteiger partial charge in [-0.1, -0.05) is 31.4 Å². The average molecular weight is 281 g/mol. The largest absolute Gasteiger partial charge is 0.398 e. The van der Waals surface area contributed by atoms with Crippen LogP contribution in [0.15, 0.2) is 18.2 Å². The minimum absolute atomic E-state index is 0.125. The number of carbonyl (C=O) groups is 1. The van der Waals surface area contributed by atoms with Gasteiger partial charge in [0, 0.05) is 17.3 Å². The van der Waals surface area contributed by atoms with Crippen molar-refractivity contribution in [3.8, 4) is 0 Å². The summed E-state index contributed by atoms with van der Waals surface area (Å²) in [5, 5.41) is 3.56. The summed E-state index contributed by atoms with van der Waals surface area (Å²) in [4.78, 5) is 12.2. The first-order valence-electron chi connectivity index (χ1n) is 6.89. The molecule has 4 heteroatoms. The number of benzene rings is 1. The van der Waals surface area contributed by atoms with Gasteiger partial charge in [-0.15, -0.1) is 0 Å². The summed E-state index contributed by atoms with van der Waals surface area (Å²) in [5.74, 6) is -0.125. The summed E-state index contributed by atoms with van der Waals surface area (Å²) in [5.41, 5.74) is 7.04. The van der Waals surface area contributed by atoms with Gasteiger partial charge in [0.2, 0.25) is 0 Å². The van der Waals surface area contributed by atoms with E-state index in [-0.39, 0.29) is 11.3 Å². The number of anilines is 1. The molecular weight excluding hydrogens is 260 g/mol. The Bertz CT molecular complexity index is 467. The second-order valence-electron chi connectivity index (χ2n) is 5.47. The number of halogens is 1. The van der Waals surface area contributed by atoms with Crippen molar-refractivity contribution in [3.05, 3.63) is 28.8 Å². The minimum atomic E-state index is -0.125. The smallest absolute Gasteiger partial charge is 0.253 e. The molecule has 0 atom stereocenters. The van der Waals surface area contributed by atoms with Gasteiger partial charge in [-0.25, -0.2) is 0 Å². The standard InChI is InChI=1S/C15H21ClN2O/c1-2-15(7-3-4-8-15)10-18-14(19)12-9-11(16)5-6-13(12)17/h5-6,9H,2-4,7-8,10,17H2,1H3,(H,18,19). The Morgan fingerprint density at radius 3 is 2.74 bits per heavy atom. The van der Waals surface area contributed by atoms with Gasteiger partial charge in [0.25, 0.3) is 5.91 Å². The van der Waals surface area contributed by atoms with E-state index in [9.17, 15) is 4.79 Å². The Hall–Kier alpha value is -1.22. The van der Waals surface area contributed by atoms with Gasteiger partial charge in [0.05, 0.1) is 5.56 Å². The van der Waals surface area contributed by atoms with Crippen LogP contribution in [0, 0.1) is 5.41 Å². The van der Waals surface area contributed by atoms with Crippen LogP contribution in [-0.4, -0.2) is 12.5 Å². The summed E-state index contributed by atoms with van der Waals surface area (Å²) in [6, 6.07) is 4.99. The summed E-state index contributed by atoms with van der Waals surface area (Å²) in [6.45, 7) is 2.93. The maximum absolute atomic E-state index is 12.2. The van der Waals surface area contributed by atoms with Crippen LogP contribution >= 0.6 is 11.6 Å². The Kier molecular flexibility index (Phi) is 4.35. The molecule has 0 saturated heterocycles. The van der Waals surface area contributed by atoms with Crippen molar-refractivity contribution in [2.75, 3.05) is 12.3 Å². The summed E-state index contributed by atoms with van der Waals surface area (Å²) in [6.07, 6.45) is 6.05. The fraction of sp³-hybridized carbons (Fsp3) is 0.533. The second-order valence-corrected chi connectivity index (χ2v) is 5.91. The van der Waals surface area contributed by atoms with Crippen molar-refractivity contribution < 1.29 is 4.79 Å². The number of nitrogens with one attached hydrogen (secondary N) is 1. The van der Waals surface area contributed by atoms with Crippen LogP contribution in [0.25, 0.3) is 0 Å². The number of rotatable bonds is 4. The first-order chi connectivity index (χ1) is 9.06. The fourth-order valence-electron chi connectivity index (χ4n) is 2.87. The van der Waals surface area contributed by atoms with E-state index in [1.165, 1.54) is 25.7 Å². The van der Waals surface area contributed by atoms with E-state index < -0.39 is 0 Å². The maximum Gasteiger partial charge on any atom is 0.253 e. The molecule has 0 unspecified atom stereocenters. The lowest BCUT2D eigenvalue weighted by Crippen LogP contribution is -2.35. The zero-order valence-electron chi connectivity index (χ0n) is 11.3. The van der Waals surface area contributed by atoms with Gasteiger partial charge in [0.15, 0.2) is 0 Å². The normalized spacial score (nSPS) is 17.4. The molecule has 1 aliphatic rings. The van der Waals surface area contributed by atoms with E-state index in [0.29, 0.717) is 16.3 Å². The van der Waals surface area contributed by atoms with Crippen molar-refractivity contribution >= 4 is 23.2 Å². The van der Waals surface area contributed by atoms with E-state index in [4.69, 9.17) is 17.3 Å². The third kappa shape index (κ3) is 3.21. The quantitative estimate of drug-likeness (QED) is 0.828. The number of carbonyl (C=O) groups excluding carboxylic acids is 1. The lowest BCUT2D eigenvalue weighted by Gasteiger charge is -2.27. The van der Waals surface area contributed by atoms with Crippen LogP contribution < -0.4 is 11.1 Å². The van der Waals surface area contributed by atoms with E-state index in [0.717, 1.165) is 13.0 Å². The number of nitrogen functional groups attached to an aromatic ring is 1. The van der Waals surface area contributed by atoms with Crippen LogP contribution in [0.2, 0.25) is 5.02 Å². The van der Waals surface area contributed by atoms with Gasteiger partial charge in [-0.2, -0.15) is 0 Å². The molecule has 0 heterocycles. The highest BCUT2D eigenvalue weighted by molar-refractivity contribution is 6.31. The molecule has 1 saturated carbocycles. The lowest BCUT2D eigenvalue weighted by molar-refractivity contribution is 0.0929. The second kappa shape index (κ2) is 5.83. The summed E-state index contributed by atoms with van der Waals surface area (Å²) >= 11 is 5.91. The fourth-order valence-corrected chi connectivity index (χ4v) is 3.04. The number of hydrogen-bond donors (Lipinski definition) is 2. The molecule has 3 N–H and O–H groups in total. The SMILES string of the molecule is CCC1(CNC(=O)c2cc(Cl)ccc2N)CCCC1. The number of hydrogen-bond acceptors (Lipinski definition) is 2. The predicted molar refractivity (Wildman–Crippen MR) is 79.4 cm³/mol. The first-order valence-corrected chi connectivity index (χ1v) is 7.27. The van der Waals surface area contributed by atoms with Crippen molar-refractivity contribution in [3.63, 3.8) is 0 Å². The monoisotopic (exact) mass is 280 g/mol.